The van der Waals surface area contributed by atoms with Gasteiger partial charge in [-0.1, -0.05) is 135 Å². The zero-order valence-corrected chi connectivity index (χ0v) is 30.2. The summed E-state index contributed by atoms with van der Waals surface area (Å²) < 4.78 is 6.28. The molecule has 1 aliphatic heterocycles. The van der Waals surface area contributed by atoms with Gasteiger partial charge in [0, 0.05) is 27.3 Å². The van der Waals surface area contributed by atoms with Crippen LogP contribution in [0.4, 0.5) is 0 Å². The molecule has 8 aromatic rings. The first-order valence-corrected chi connectivity index (χ1v) is 19.3. The summed E-state index contributed by atoms with van der Waals surface area (Å²) >= 11 is 0. The molecule has 2 aliphatic carbocycles. The van der Waals surface area contributed by atoms with Crippen LogP contribution in [0.15, 0.2) is 160 Å². The van der Waals surface area contributed by atoms with Gasteiger partial charge in [0.15, 0.2) is 5.84 Å². The number of hydrogen-bond acceptors (Lipinski definition) is 5. The highest BCUT2D eigenvalue weighted by Crippen LogP contribution is 2.58. The number of hydrogen-bond donors (Lipinski definition) is 1. The molecule has 55 heavy (non-hydrogen) atoms. The highest BCUT2D eigenvalue weighted by Gasteiger charge is 2.46. The normalized spacial score (nSPS) is 17.0. The first-order valence-electron chi connectivity index (χ1n) is 19.3. The summed E-state index contributed by atoms with van der Waals surface area (Å²) in [5.74, 6) is 1.43. The molecule has 1 N–H and O–H groups in total. The lowest BCUT2D eigenvalue weighted by Crippen LogP contribution is -2.33. The predicted molar refractivity (Wildman–Crippen MR) is 223 cm³/mol. The van der Waals surface area contributed by atoms with Gasteiger partial charge >= 0.3 is 0 Å². The fraction of sp³-hybridized carbons (Fsp3) is 0.140. The molecule has 0 saturated heterocycles. The largest absolute Gasteiger partial charge is 0.456 e. The Morgan fingerprint density at radius 3 is 2.25 bits per heavy atom. The number of para-hydroxylation sites is 1. The van der Waals surface area contributed by atoms with Gasteiger partial charge in [-0.15, -0.1) is 0 Å². The van der Waals surface area contributed by atoms with E-state index in [1.807, 2.05) is 30.3 Å². The van der Waals surface area contributed by atoms with Gasteiger partial charge in [0.2, 0.25) is 0 Å². The van der Waals surface area contributed by atoms with Gasteiger partial charge in [-0.3, -0.25) is 0 Å². The van der Waals surface area contributed by atoms with Gasteiger partial charge in [-0.2, -0.15) is 5.26 Å². The number of nitriles is 1. The minimum Gasteiger partial charge on any atom is -0.456 e. The van der Waals surface area contributed by atoms with E-state index in [1.165, 1.54) is 52.5 Å². The van der Waals surface area contributed by atoms with E-state index in [4.69, 9.17) is 14.4 Å². The smallest absolute Gasteiger partial charge is 0.159 e. The van der Waals surface area contributed by atoms with Crippen molar-refractivity contribution in [3.05, 3.63) is 179 Å². The maximum atomic E-state index is 10.3. The number of amidine groups is 2. The van der Waals surface area contributed by atoms with Gasteiger partial charge in [-0.05, 0) is 92.9 Å². The summed E-state index contributed by atoms with van der Waals surface area (Å²) in [7, 11) is 0. The van der Waals surface area contributed by atoms with Crippen molar-refractivity contribution in [2.75, 3.05) is 0 Å². The van der Waals surface area contributed by atoms with Crippen LogP contribution < -0.4 is 5.32 Å². The Balaban J connectivity index is 1.00. The fourth-order valence-electron chi connectivity index (χ4n) is 9.60. The van der Waals surface area contributed by atoms with E-state index in [2.05, 4.69) is 127 Å². The third kappa shape index (κ3) is 4.98. The van der Waals surface area contributed by atoms with Crippen molar-refractivity contribution in [3.63, 3.8) is 0 Å². The molecule has 0 amide bonds. The molecule has 1 fully saturated rings. The molecule has 1 atom stereocenters. The topological polar surface area (TPSA) is 73.7 Å². The minimum atomic E-state index is -0.361. The van der Waals surface area contributed by atoms with E-state index in [0.29, 0.717) is 5.84 Å². The summed E-state index contributed by atoms with van der Waals surface area (Å²) in [4.78, 5) is 10.4. The lowest BCUT2D eigenvalue weighted by atomic mass is 9.66. The third-order valence-electron chi connectivity index (χ3n) is 12.2. The minimum absolute atomic E-state index is 0.0911. The van der Waals surface area contributed by atoms with Crippen LogP contribution in [0.5, 0.6) is 0 Å². The number of nitrogens with zero attached hydrogens (tertiary/aromatic N) is 3. The van der Waals surface area contributed by atoms with Gasteiger partial charge in [0.25, 0.3) is 0 Å². The SMILES string of the molecule is N#Cc1cccc2c1C1(CCCCC1)c1cccc(-c3ccc(C4N=C(c5ccc6ccccc6c5)N=C(c5ccc6c(c5)oc5ccccc56)N4)cc3)c1-2. The lowest BCUT2D eigenvalue weighted by Gasteiger charge is -2.36. The molecule has 7 aromatic carbocycles. The standard InChI is InChI=1S/C50H36N4O/c51-30-37-12-8-15-41-45-38(14-9-16-42(45)50(46(37)41)26-6-1-7-27-50)32-19-21-33(22-20-32)47-52-48(35-23-18-31-10-2-3-11-34(31)28-35)54-49(53-47)36-24-25-40-39-13-4-5-17-43(39)55-44(40)29-36/h2-5,8-25,28-29,47H,1,6-7,26-27H2,(H,52,53,54). The second-order valence-electron chi connectivity index (χ2n) is 15.2. The number of fused-ring (bicyclic) bond motifs is 9. The van der Waals surface area contributed by atoms with Crippen molar-refractivity contribution in [1.29, 1.82) is 5.26 Å². The van der Waals surface area contributed by atoms with E-state index < -0.39 is 0 Å². The highest BCUT2D eigenvalue weighted by molar-refractivity contribution is 6.15. The van der Waals surface area contributed by atoms with Crippen molar-refractivity contribution in [2.24, 2.45) is 9.98 Å². The molecule has 3 aliphatic rings. The summed E-state index contributed by atoms with van der Waals surface area (Å²) in [6.45, 7) is 0. The molecule has 262 valence electrons. The van der Waals surface area contributed by atoms with Crippen LogP contribution >= 0.6 is 0 Å². The van der Waals surface area contributed by atoms with Crippen molar-refractivity contribution < 1.29 is 4.42 Å². The maximum absolute atomic E-state index is 10.3. The van der Waals surface area contributed by atoms with Gasteiger partial charge in [-0.25, -0.2) is 9.98 Å². The number of aliphatic imine (C=N–C) groups is 2. The maximum Gasteiger partial charge on any atom is 0.159 e. The highest BCUT2D eigenvalue weighted by atomic mass is 16.3. The summed E-state index contributed by atoms with van der Waals surface area (Å²) in [6, 6.07) is 53.7. The van der Waals surface area contributed by atoms with E-state index in [0.717, 1.165) is 73.8 Å². The number of rotatable bonds is 4. The van der Waals surface area contributed by atoms with Crippen molar-refractivity contribution in [3.8, 4) is 28.3 Å². The number of furan rings is 1. The van der Waals surface area contributed by atoms with Crippen molar-refractivity contribution in [1.82, 2.24) is 5.32 Å². The fourth-order valence-corrected chi connectivity index (χ4v) is 9.60. The molecule has 1 unspecified atom stereocenters. The molecule has 11 rings (SSSR count). The Hall–Kier alpha value is -6.77. The molecule has 5 nitrogen and oxygen atoms in total. The van der Waals surface area contributed by atoms with Crippen LogP contribution in [0.25, 0.3) is 55.0 Å². The first-order chi connectivity index (χ1) is 27.2. The van der Waals surface area contributed by atoms with Crippen LogP contribution in [0.1, 0.15) is 71.7 Å². The Morgan fingerprint density at radius 2 is 1.38 bits per heavy atom. The summed E-state index contributed by atoms with van der Waals surface area (Å²) in [5.41, 5.74) is 12.9. The lowest BCUT2D eigenvalue weighted by molar-refractivity contribution is 0.352. The summed E-state index contributed by atoms with van der Waals surface area (Å²) in [6.07, 6.45) is 5.44. The van der Waals surface area contributed by atoms with Crippen molar-refractivity contribution >= 4 is 44.4 Å². The zero-order valence-electron chi connectivity index (χ0n) is 30.2. The van der Waals surface area contributed by atoms with Gasteiger partial charge in [0.05, 0.1) is 11.6 Å². The monoisotopic (exact) mass is 708 g/mol. The molecule has 0 radical (unpaired) electrons. The molecule has 5 heteroatoms. The Bertz CT molecular complexity index is 2950. The van der Waals surface area contributed by atoms with Crippen LogP contribution in [0.3, 0.4) is 0 Å². The predicted octanol–water partition coefficient (Wildman–Crippen LogP) is 12.0. The Morgan fingerprint density at radius 1 is 0.636 bits per heavy atom. The molecule has 1 saturated carbocycles. The van der Waals surface area contributed by atoms with E-state index >= 15 is 0 Å². The average Bonchev–Trinajstić information content (AvgIpc) is 3.76. The van der Waals surface area contributed by atoms with E-state index in [-0.39, 0.29) is 11.6 Å². The van der Waals surface area contributed by atoms with Crippen LogP contribution in [-0.4, -0.2) is 11.7 Å². The first kappa shape index (κ1) is 31.7. The summed E-state index contributed by atoms with van der Waals surface area (Å²) in [5, 5.41) is 18.5. The quantitative estimate of drug-likeness (QED) is 0.198. The zero-order chi connectivity index (χ0) is 36.5. The second kappa shape index (κ2) is 12.4. The van der Waals surface area contributed by atoms with E-state index in [9.17, 15) is 5.26 Å². The second-order valence-corrected chi connectivity index (χ2v) is 15.2. The molecule has 1 aromatic heterocycles. The van der Waals surface area contributed by atoms with Crippen LogP contribution in [0.2, 0.25) is 0 Å². The number of benzene rings is 7. The van der Waals surface area contributed by atoms with Gasteiger partial charge < -0.3 is 9.73 Å². The van der Waals surface area contributed by atoms with E-state index in [1.54, 1.807) is 0 Å². The average molecular weight is 709 g/mol. The molecule has 0 bridgehead atoms. The molecular formula is C50H36N4O. The van der Waals surface area contributed by atoms with Crippen LogP contribution in [-0.2, 0) is 5.41 Å². The third-order valence-corrected chi connectivity index (χ3v) is 12.2. The van der Waals surface area contributed by atoms with Crippen molar-refractivity contribution in [2.45, 2.75) is 43.7 Å². The Kier molecular flexibility index (Phi) is 7.15. The molecule has 2 heterocycles. The van der Waals surface area contributed by atoms with Gasteiger partial charge in [0.1, 0.15) is 23.2 Å². The number of nitrogens with one attached hydrogen (secondary N) is 1. The Labute approximate surface area is 319 Å². The molecule has 1 spiro atoms. The molecular weight excluding hydrogens is 673 g/mol. The van der Waals surface area contributed by atoms with Crippen LogP contribution in [0, 0.1) is 11.3 Å².